The van der Waals surface area contributed by atoms with Crippen molar-refractivity contribution in [1.29, 1.82) is 0 Å². The first-order valence-corrected chi connectivity index (χ1v) is 11.5. The molecule has 166 valence electrons. The molecule has 3 rings (SSSR count). The highest BCUT2D eigenvalue weighted by Gasteiger charge is 2.21. The van der Waals surface area contributed by atoms with Gasteiger partial charge in [-0.3, -0.25) is 14.9 Å². The number of benzene rings is 2. The molecule has 2 aromatic carbocycles. The predicted octanol–water partition coefficient (Wildman–Crippen LogP) is 6.27. The second-order valence-electron chi connectivity index (χ2n) is 6.17. The molecule has 0 spiro atoms. The average Bonchev–Trinajstić information content (AvgIpc) is 3.15. The number of carbonyl (C=O) groups excluding carboxylic acids is 2. The Labute approximate surface area is 205 Å². The third-order valence-electron chi connectivity index (χ3n) is 3.80. The van der Waals surface area contributed by atoms with Crippen LogP contribution >= 0.6 is 57.9 Å². The van der Waals surface area contributed by atoms with E-state index in [1.54, 1.807) is 0 Å². The molecule has 0 aliphatic rings. The maximum atomic E-state index is 12.3. The molecule has 13 heteroatoms. The number of rotatable bonds is 7. The molecule has 1 amide bonds. The van der Waals surface area contributed by atoms with Crippen LogP contribution in [0.2, 0.25) is 15.1 Å². The van der Waals surface area contributed by atoms with Crippen LogP contribution in [-0.2, 0) is 9.53 Å². The Morgan fingerprint density at radius 1 is 1.19 bits per heavy atom. The van der Waals surface area contributed by atoms with Gasteiger partial charge in [0.15, 0.2) is 10.9 Å². The third-order valence-corrected chi connectivity index (χ3v) is 6.96. The van der Waals surface area contributed by atoms with Gasteiger partial charge in [0.25, 0.3) is 11.6 Å². The van der Waals surface area contributed by atoms with Crippen molar-refractivity contribution in [2.75, 3.05) is 11.9 Å². The molecule has 1 aromatic heterocycles. The molecule has 0 fully saturated rings. The van der Waals surface area contributed by atoms with Crippen LogP contribution in [0.25, 0.3) is 0 Å². The molecule has 3 aromatic rings. The van der Waals surface area contributed by atoms with Gasteiger partial charge in [0, 0.05) is 17.1 Å². The normalized spacial score (nSPS) is 10.6. The van der Waals surface area contributed by atoms with Crippen LogP contribution in [-0.4, -0.2) is 28.4 Å². The zero-order chi connectivity index (χ0) is 23.4. The number of carbonyl (C=O) groups is 2. The number of thiazole rings is 1. The largest absolute Gasteiger partial charge is 0.452 e. The van der Waals surface area contributed by atoms with Crippen LogP contribution in [0.3, 0.4) is 0 Å². The number of hydrogen-bond acceptors (Lipinski definition) is 8. The Kier molecular flexibility index (Phi) is 7.96. The molecule has 0 atom stereocenters. The summed E-state index contributed by atoms with van der Waals surface area (Å²) in [6, 6.07) is 6.63. The van der Waals surface area contributed by atoms with Gasteiger partial charge in [-0.15, -0.1) is 11.3 Å². The molecule has 1 N–H and O–H groups in total. The zero-order valence-electron chi connectivity index (χ0n) is 16.1. The number of amides is 1. The number of aryl methyl sites for hydroxylation is 1. The van der Waals surface area contributed by atoms with Crippen molar-refractivity contribution in [2.24, 2.45) is 0 Å². The number of hydrogen-bond donors (Lipinski definition) is 1. The van der Waals surface area contributed by atoms with E-state index in [4.69, 9.17) is 39.5 Å². The zero-order valence-corrected chi connectivity index (χ0v) is 20.0. The van der Waals surface area contributed by atoms with Crippen LogP contribution < -0.4 is 5.32 Å². The lowest BCUT2D eigenvalue weighted by Gasteiger charge is -2.09. The van der Waals surface area contributed by atoms with Crippen molar-refractivity contribution in [3.05, 3.63) is 72.2 Å². The van der Waals surface area contributed by atoms with Gasteiger partial charge in [-0.2, -0.15) is 0 Å². The number of nitro benzene ring substituents is 1. The average molecular weight is 533 g/mol. The van der Waals surface area contributed by atoms with Crippen LogP contribution in [0.1, 0.15) is 16.1 Å². The standard InChI is InChI=1S/C19H12Cl3N3O5S2/c1-9-8-31-19(23-9)32-16-3-2-10(4-15(16)25(28)29)18(27)30-7-17(26)24-14-6-12(21)11(20)5-13(14)22/h2-6,8H,7H2,1H3,(H,24,26). The molecular formula is C19H12Cl3N3O5S2. The first-order chi connectivity index (χ1) is 15.1. The van der Waals surface area contributed by atoms with Gasteiger partial charge < -0.3 is 10.1 Å². The molecule has 32 heavy (non-hydrogen) atoms. The van der Waals surface area contributed by atoms with E-state index in [2.05, 4.69) is 10.3 Å². The number of nitro groups is 1. The van der Waals surface area contributed by atoms with Crippen molar-refractivity contribution < 1.29 is 19.2 Å². The molecule has 0 radical (unpaired) electrons. The van der Waals surface area contributed by atoms with E-state index in [-0.39, 0.29) is 32.0 Å². The fourth-order valence-corrected chi connectivity index (χ4v) is 4.84. The summed E-state index contributed by atoms with van der Waals surface area (Å²) in [4.78, 5) is 39.9. The van der Waals surface area contributed by atoms with Crippen LogP contribution in [0.15, 0.2) is 44.9 Å². The first kappa shape index (κ1) is 24.3. The van der Waals surface area contributed by atoms with E-state index in [1.807, 2.05) is 12.3 Å². The second kappa shape index (κ2) is 10.5. The smallest absolute Gasteiger partial charge is 0.338 e. The van der Waals surface area contributed by atoms with Gasteiger partial charge in [0.05, 0.1) is 36.1 Å². The molecule has 8 nitrogen and oxygen atoms in total. The Balaban J connectivity index is 1.67. The summed E-state index contributed by atoms with van der Waals surface area (Å²) >= 11 is 20.2. The lowest BCUT2D eigenvalue weighted by atomic mass is 10.2. The van der Waals surface area contributed by atoms with E-state index in [9.17, 15) is 19.7 Å². The minimum absolute atomic E-state index is 0.0725. The molecule has 0 aliphatic heterocycles. The summed E-state index contributed by atoms with van der Waals surface area (Å²) in [7, 11) is 0. The van der Waals surface area contributed by atoms with Gasteiger partial charge in [-0.1, -0.05) is 46.6 Å². The number of anilines is 1. The second-order valence-corrected chi connectivity index (χ2v) is 9.54. The first-order valence-electron chi connectivity index (χ1n) is 8.64. The highest BCUT2D eigenvalue weighted by atomic mass is 35.5. The molecule has 0 bridgehead atoms. The van der Waals surface area contributed by atoms with E-state index in [0.29, 0.717) is 9.24 Å². The molecule has 0 aliphatic carbocycles. The summed E-state index contributed by atoms with van der Waals surface area (Å²) in [6.07, 6.45) is 0. The Bertz CT molecular complexity index is 1220. The summed E-state index contributed by atoms with van der Waals surface area (Å²) in [5.74, 6) is -1.58. The van der Waals surface area contributed by atoms with Crippen molar-refractivity contribution in [3.8, 4) is 0 Å². The van der Waals surface area contributed by atoms with Crippen molar-refractivity contribution >= 4 is 81.2 Å². The number of nitrogens with zero attached hydrogens (tertiary/aromatic N) is 2. The van der Waals surface area contributed by atoms with E-state index < -0.39 is 23.4 Å². The molecule has 0 saturated carbocycles. The molecule has 0 saturated heterocycles. The Morgan fingerprint density at radius 2 is 1.91 bits per heavy atom. The number of aromatic nitrogens is 1. The summed E-state index contributed by atoms with van der Waals surface area (Å²) in [6.45, 7) is 1.18. The molecule has 0 unspecified atom stereocenters. The Hall–Kier alpha value is -2.37. The van der Waals surface area contributed by atoms with Crippen molar-refractivity contribution in [1.82, 2.24) is 4.98 Å². The monoisotopic (exact) mass is 531 g/mol. The van der Waals surface area contributed by atoms with E-state index >= 15 is 0 Å². The fraction of sp³-hybridized carbons (Fsp3) is 0.105. The fourth-order valence-electron chi connectivity index (χ4n) is 2.37. The number of ether oxygens (including phenoxy) is 1. The van der Waals surface area contributed by atoms with E-state index in [1.165, 1.54) is 35.6 Å². The van der Waals surface area contributed by atoms with Crippen LogP contribution in [0.5, 0.6) is 0 Å². The number of halogens is 3. The van der Waals surface area contributed by atoms with Gasteiger partial charge in [-0.25, -0.2) is 9.78 Å². The Morgan fingerprint density at radius 3 is 2.56 bits per heavy atom. The maximum absolute atomic E-state index is 12.3. The molecule has 1 heterocycles. The van der Waals surface area contributed by atoms with Crippen molar-refractivity contribution in [2.45, 2.75) is 16.2 Å². The van der Waals surface area contributed by atoms with Gasteiger partial charge >= 0.3 is 5.97 Å². The van der Waals surface area contributed by atoms with Gasteiger partial charge in [0.1, 0.15) is 0 Å². The topological polar surface area (TPSA) is 111 Å². The maximum Gasteiger partial charge on any atom is 0.338 e. The lowest BCUT2D eigenvalue weighted by molar-refractivity contribution is -0.387. The highest BCUT2D eigenvalue weighted by molar-refractivity contribution is 8.01. The minimum Gasteiger partial charge on any atom is -0.452 e. The molecular weight excluding hydrogens is 521 g/mol. The third kappa shape index (κ3) is 6.11. The predicted molar refractivity (Wildman–Crippen MR) is 124 cm³/mol. The SMILES string of the molecule is Cc1csc(Sc2ccc(C(=O)OCC(=O)Nc3cc(Cl)c(Cl)cc3Cl)cc2[N+](=O)[O-])n1. The van der Waals surface area contributed by atoms with Crippen LogP contribution in [0, 0.1) is 17.0 Å². The summed E-state index contributed by atoms with van der Waals surface area (Å²) in [5.41, 5.74) is 0.651. The van der Waals surface area contributed by atoms with Gasteiger partial charge in [-0.05, 0) is 31.2 Å². The summed E-state index contributed by atoms with van der Waals surface area (Å²) in [5, 5.41) is 16.3. The van der Waals surface area contributed by atoms with Crippen LogP contribution in [0.4, 0.5) is 11.4 Å². The quantitative estimate of drug-likeness (QED) is 0.165. The lowest BCUT2D eigenvalue weighted by Crippen LogP contribution is -2.21. The minimum atomic E-state index is -0.898. The number of nitrogens with one attached hydrogen (secondary N) is 1. The van der Waals surface area contributed by atoms with Crippen molar-refractivity contribution in [3.63, 3.8) is 0 Å². The summed E-state index contributed by atoms with van der Waals surface area (Å²) < 4.78 is 5.60. The number of esters is 1. The van der Waals surface area contributed by atoms with E-state index in [0.717, 1.165) is 23.5 Å². The highest BCUT2D eigenvalue weighted by Crippen LogP contribution is 2.37. The van der Waals surface area contributed by atoms with Gasteiger partial charge in [0.2, 0.25) is 0 Å².